The zero-order valence-corrected chi connectivity index (χ0v) is 8.00. The van der Waals surface area contributed by atoms with E-state index in [1.54, 1.807) is 0 Å². The fraction of sp³-hybridized carbons (Fsp3) is 1.00. The standard InChI is InChI=1S/C9H19NO/c1-7-5-6-11-8(2)9(7)10(3)4/h7-9H,5-6H2,1-4H3. The van der Waals surface area contributed by atoms with Gasteiger partial charge < -0.3 is 9.64 Å². The monoisotopic (exact) mass is 157 g/mol. The highest BCUT2D eigenvalue weighted by Crippen LogP contribution is 2.23. The zero-order valence-electron chi connectivity index (χ0n) is 8.00. The van der Waals surface area contributed by atoms with Crippen LogP contribution in [0.25, 0.3) is 0 Å². The van der Waals surface area contributed by atoms with Crippen molar-refractivity contribution in [1.82, 2.24) is 4.90 Å². The van der Waals surface area contributed by atoms with Crippen LogP contribution in [0.3, 0.4) is 0 Å². The first-order valence-corrected chi connectivity index (χ1v) is 4.41. The van der Waals surface area contributed by atoms with Crippen LogP contribution in [0.1, 0.15) is 20.3 Å². The molecule has 11 heavy (non-hydrogen) atoms. The smallest absolute Gasteiger partial charge is 0.0704 e. The van der Waals surface area contributed by atoms with Crippen molar-refractivity contribution in [2.75, 3.05) is 20.7 Å². The fourth-order valence-electron chi connectivity index (χ4n) is 2.10. The molecule has 0 radical (unpaired) electrons. The molecule has 1 aliphatic heterocycles. The van der Waals surface area contributed by atoms with Crippen molar-refractivity contribution >= 4 is 0 Å². The van der Waals surface area contributed by atoms with E-state index in [0.717, 1.165) is 12.5 Å². The lowest BCUT2D eigenvalue weighted by molar-refractivity contribution is -0.0533. The van der Waals surface area contributed by atoms with Crippen LogP contribution < -0.4 is 0 Å². The highest BCUT2D eigenvalue weighted by atomic mass is 16.5. The molecule has 1 aliphatic rings. The highest BCUT2D eigenvalue weighted by Gasteiger charge is 2.29. The van der Waals surface area contributed by atoms with Crippen molar-refractivity contribution < 1.29 is 4.74 Å². The summed E-state index contributed by atoms with van der Waals surface area (Å²) in [7, 11) is 4.26. The van der Waals surface area contributed by atoms with E-state index in [1.165, 1.54) is 6.42 Å². The van der Waals surface area contributed by atoms with E-state index < -0.39 is 0 Å². The Kier molecular flexibility index (Phi) is 2.90. The Morgan fingerprint density at radius 1 is 1.27 bits per heavy atom. The first-order valence-electron chi connectivity index (χ1n) is 4.41. The van der Waals surface area contributed by atoms with E-state index in [1.807, 2.05) is 0 Å². The largest absolute Gasteiger partial charge is 0.377 e. The van der Waals surface area contributed by atoms with Crippen LogP contribution in [0.4, 0.5) is 0 Å². The molecule has 0 amide bonds. The number of hydrogen-bond donors (Lipinski definition) is 0. The van der Waals surface area contributed by atoms with Crippen molar-refractivity contribution in [3.63, 3.8) is 0 Å². The zero-order chi connectivity index (χ0) is 8.43. The van der Waals surface area contributed by atoms with Gasteiger partial charge in [0.25, 0.3) is 0 Å². The van der Waals surface area contributed by atoms with E-state index in [9.17, 15) is 0 Å². The summed E-state index contributed by atoms with van der Waals surface area (Å²) in [5, 5.41) is 0. The van der Waals surface area contributed by atoms with Gasteiger partial charge in [0.1, 0.15) is 0 Å². The Bertz CT molecular complexity index is 115. The summed E-state index contributed by atoms with van der Waals surface area (Å²) < 4.78 is 5.58. The molecule has 0 aromatic carbocycles. The van der Waals surface area contributed by atoms with Gasteiger partial charge in [0.15, 0.2) is 0 Å². The molecular weight excluding hydrogens is 138 g/mol. The van der Waals surface area contributed by atoms with Crippen LogP contribution in [0, 0.1) is 5.92 Å². The maximum absolute atomic E-state index is 5.58. The lowest BCUT2D eigenvalue weighted by Gasteiger charge is -2.38. The summed E-state index contributed by atoms with van der Waals surface area (Å²) in [4.78, 5) is 2.27. The maximum atomic E-state index is 5.58. The van der Waals surface area contributed by atoms with Crippen LogP contribution >= 0.6 is 0 Å². The molecular formula is C9H19NO. The summed E-state index contributed by atoms with van der Waals surface area (Å²) >= 11 is 0. The van der Waals surface area contributed by atoms with Gasteiger partial charge in [-0.3, -0.25) is 0 Å². The third kappa shape index (κ3) is 1.94. The van der Waals surface area contributed by atoms with Gasteiger partial charge in [0, 0.05) is 12.6 Å². The summed E-state index contributed by atoms with van der Waals surface area (Å²) in [6.45, 7) is 5.41. The topological polar surface area (TPSA) is 12.5 Å². The Labute approximate surface area is 69.5 Å². The van der Waals surface area contributed by atoms with Crippen molar-refractivity contribution in [3.05, 3.63) is 0 Å². The molecule has 0 bridgehead atoms. The minimum absolute atomic E-state index is 0.397. The Morgan fingerprint density at radius 2 is 1.91 bits per heavy atom. The van der Waals surface area contributed by atoms with E-state index in [0.29, 0.717) is 12.1 Å². The van der Waals surface area contributed by atoms with Gasteiger partial charge in [-0.2, -0.15) is 0 Å². The van der Waals surface area contributed by atoms with Gasteiger partial charge in [-0.1, -0.05) is 6.92 Å². The molecule has 3 atom stereocenters. The Morgan fingerprint density at radius 3 is 2.27 bits per heavy atom. The Balaban J connectivity index is 2.55. The molecule has 0 saturated carbocycles. The molecule has 2 nitrogen and oxygen atoms in total. The molecule has 66 valence electrons. The predicted octanol–water partition coefficient (Wildman–Crippen LogP) is 1.36. The summed E-state index contributed by atoms with van der Waals surface area (Å²) in [6.07, 6.45) is 1.60. The molecule has 1 saturated heterocycles. The predicted molar refractivity (Wildman–Crippen MR) is 46.7 cm³/mol. The van der Waals surface area contributed by atoms with E-state index in [4.69, 9.17) is 4.74 Å². The van der Waals surface area contributed by atoms with Crippen LogP contribution in [-0.4, -0.2) is 37.7 Å². The third-order valence-corrected chi connectivity index (χ3v) is 2.61. The molecule has 0 aromatic rings. The van der Waals surface area contributed by atoms with Gasteiger partial charge in [0.05, 0.1) is 6.10 Å². The molecule has 0 N–H and O–H groups in total. The first kappa shape index (κ1) is 9.01. The number of ether oxygens (including phenoxy) is 1. The molecule has 0 aliphatic carbocycles. The first-order chi connectivity index (χ1) is 5.13. The highest BCUT2D eigenvalue weighted by molar-refractivity contribution is 4.82. The fourth-order valence-corrected chi connectivity index (χ4v) is 2.10. The molecule has 1 heterocycles. The second kappa shape index (κ2) is 3.55. The third-order valence-electron chi connectivity index (χ3n) is 2.61. The maximum Gasteiger partial charge on any atom is 0.0704 e. The van der Waals surface area contributed by atoms with E-state index in [2.05, 4.69) is 32.8 Å². The quantitative estimate of drug-likeness (QED) is 0.570. The van der Waals surface area contributed by atoms with E-state index in [-0.39, 0.29) is 0 Å². The van der Waals surface area contributed by atoms with Gasteiger partial charge in [0.2, 0.25) is 0 Å². The molecule has 1 rings (SSSR count). The van der Waals surface area contributed by atoms with Crippen molar-refractivity contribution in [2.24, 2.45) is 5.92 Å². The van der Waals surface area contributed by atoms with Crippen LogP contribution in [0.15, 0.2) is 0 Å². The molecule has 0 aromatic heterocycles. The SMILES string of the molecule is CC1CCOC(C)C1N(C)C. The average Bonchev–Trinajstić information content (AvgIpc) is 1.85. The molecule has 3 unspecified atom stereocenters. The average molecular weight is 157 g/mol. The minimum Gasteiger partial charge on any atom is -0.377 e. The number of nitrogens with zero attached hydrogens (tertiary/aromatic N) is 1. The Hall–Kier alpha value is -0.0800. The molecule has 2 heteroatoms. The van der Waals surface area contributed by atoms with Crippen molar-refractivity contribution in [1.29, 1.82) is 0 Å². The summed E-state index contributed by atoms with van der Waals surface area (Å²) in [5.74, 6) is 0.772. The van der Waals surface area contributed by atoms with Gasteiger partial charge in [-0.15, -0.1) is 0 Å². The van der Waals surface area contributed by atoms with Gasteiger partial charge in [-0.05, 0) is 33.4 Å². The summed E-state index contributed by atoms with van der Waals surface area (Å²) in [5.41, 5.74) is 0. The summed E-state index contributed by atoms with van der Waals surface area (Å²) in [6, 6.07) is 0.601. The number of hydrogen-bond acceptors (Lipinski definition) is 2. The molecule has 1 fully saturated rings. The number of likely N-dealkylation sites (N-methyl/N-ethyl adjacent to an activating group) is 1. The van der Waals surface area contributed by atoms with Gasteiger partial charge >= 0.3 is 0 Å². The second-order valence-electron chi connectivity index (χ2n) is 3.80. The van der Waals surface area contributed by atoms with Crippen LogP contribution in [0.5, 0.6) is 0 Å². The lowest BCUT2D eigenvalue weighted by atomic mass is 9.91. The van der Waals surface area contributed by atoms with Gasteiger partial charge in [-0.25, -0.2) is 0 Å². The van der Waals surface area contributed by atoms with Crippen LogP contribution in [0.2, 0.25) is 0 Å². The lowest BCUT2D eigenvalue weighted by Crippen LogP contribution is -2.47. The van der Waals surface area contributed by atoms with Crippen molar-refractivity contribution in [2.45, 2.75) is 32.4 Å². The second-order valence-corrected chi connectivity index (χ2v) is 3.80. The number of rotatable bonds is 1. The normalized spacial score (nSPS) is 39.5. The van der Waals surface area contributed by atoms with Crippen LogP contribution in [-0.2, 0) is 4.74 Å². The molecule has 0 spiro atoms. The van der Waals surface area contributed by atoms with E-state index >= 15 is 0 Å². The minimum atomic E-state index is 0.397. The van der Waals surface area contributed by atoms with Crippen molar-refractivity contribution in [3.8, 4) is 0 Å².